The van der Waals surface area contributed by atoms with Gasteiger partial charge < -0.3 is 24.7 Å². The Labute approximate surface area is 164 Å². The highest BCUT2D eigenvalue weighted by Gasteiger charge is 2.29. The lowest BCUT2D eigenvalue weighted by molar-refractivity contribution is -0.904. The average Bonchev–Trinajstić information content (AvgIpc) is 3.51. The molecule has 1 fully saturated rings. The number of hydrogen-bond donors (Lipinski definition) is 3. The van der Waals surface area contributed by atoms with E-state index in [0.717, 1.165) is 11.4 Å². The minimum Gasteiger partial charge on any atom is -0.493 e. The summed E-state index contributed by atoms with van der Waals surface area (Å²) in [6.07, 6.45) is 2.39. The fraction of sp³-hybridized carbons (Fsp3) is 0.550. The van der Waals surface area contributed by atoms with Gasteiger partial charge in [0.05, 0.1) is 31.7 Å². The fourth-order valence-corrected chi connectivity index (χ4v) is 3.39. The van der Waals surface area contributed by atoms with Crippen molar-refractivity contribution < 1.29 is 19.2 Å². The molecule has 3 N–H and O–H groups in total. The maximum Gasteiger partial charge on any atom is 0.275 e. The van der Waals surface area contributed by atoms with Gasteiger partial charge in [0.25, 0.3) is 11.5 Å². The number of fused-ring (bicyclic) bond motifs is 1. The molecule has 152 valence electrons. The van der Waals surface area contributed by atoms with Crippen molar-refractivity contribution >= 4 is 16.8 Å². The Bertz CT molecular complexity index is 907. The number of nitrogens with one attached hydrogen (secondary N) is 3. The summed E-state index contributed by atoms with van der Waals surface area (Å²) in [5, 5.41) is 3.52. The Morgan fingerprint density at radius 2 is 2.00 bits per heavy atom. The zero-order chi connectivity index (χ0) is 20.3. The van der Waals surface area contributed by atoms with Gasteiger partial charge in [-0.3, -0.25) is 9.59 Å². The molecule has 1 aromatic heterocycles. The standard InChI is InChI=1S/C20H28N4O4/c1-5-24(11-19(25)21-12(2)13-6-7-13)10-18-22-15-9-17(28-4)16(27-3)8-14(15)20(26)23-18/h8-9,12-13H,5-7,10-11H2,1-4H3,(H,21,25)(H,22,23,26)/p+1/t12-/m1/s1. The summed E-state index contributed by atoms with van der Waals surface area (Å²) < 4.78 is 10.6. The zero-order valence-corrected chi connectivity index (χ0v) is 16.9. The van der Waals surface area contributed by atoms with Crippen LogP contribution in [0.4, 0.5) is 0 Å². The second kappa shape index (κ2) is 8.60. The van der Waals surface area contributed by atoms with Crippen LogP contribution in [-0.2, 0) is 11.3 Å². The maximum absolute atomic E-state index is 12.5. The van der Waals surface area contributed by atoms with Crippen molar-refractivity contribution in [2.75, 3.05) is 27.3 Å². The van der Waals surface area contributed by atoms with E-state index in [1.807, 2.05) is 6.92 Å². The number of nitrogens with zero attached hydrogens (tertiary/aromatic N) is 1. The summed E-state index contributed by atoms with van der Waals surface area (Å²) in [7, 11) is 3.07. The number of ether oxygens (including phenoxy) is 2. The van der Waals surface area contributed by atoms with Gasteiger partial charge in [0, 0.05) is 12.1 Å². The summed E-state index contributed by atoms with van der Waals surface area (Å²) in [6.45, 7) is 5.63. The van der Waals surface area contributed by atoms with Crippen LogP contribution < -0.4 is 25.2 Å². The van der Waals surface area contributed by atoms with Crippen LogP contribution >= 0.6 is 0 Å². The SMILES string of the molecule is CC[NH+](CC(=O)N[C@H](C)C1CC1)Cc1nc2cc(OC)c(OC)cc2c(=O)[nH]1. The molecular weight excluding hydrogens is 360 g/mol. The second-order valence-corrected chi connectivity index (χ2v) is 7.39. The van der Waals surface area contributed by atoms with Crippen molar-refractivity contribution in [3.8, 4) is 11.5 Å². The number of carbonyl (C=O) groups is 1. The lowest BCUT2D eigenvalue weighted by Crippen LogP contribution is -3.11. The molecule has 1 amide bonds. The number of aromatic nitrogens is 2. The first kappa shape index (κ1) is 20.1. The van der Waals surface area contributed by atoms with Crippen LogP contribution in [0, 0.1) is 5.92 Å². The Morgan fingerprint density at radius 1 is 1.32 bits per heavy atom. The summed E-state index contributed by atoms with van der Waals surface area (Å²) in [4.78, 5) is 33.3. The van der Waals surface area contributed by atoms with Crippen LogP contribution in [0.15, 0.2) is 16.9 Å². The number of hydrogen-bond acceptors (Lipinski definition) is 5. The van der Waals surface area contributed by atoms with Crippen LogP contribution in [0.1, 0.15) is 32.5 Å². The Balaban J connectivity index is 1.76. The molecule has 8 nitrogen and oxygen atoms in total. The summed E-state index contributed by atoms with van der Waals surface area (Å²) in [5.74, 6) is 2.21. The van der Waals surface area contributed by atoms with Gasteiger partial charge in [-0.15, -0.1) is 0 Å². The number of rotatable bonds is 9. The van der Waals surface area contributed by atoms with Crippen molar-refractivity contribution in [3.63, 3.8) is 0 Å². The number of carbonyl (C=O) groups excluding carboxylic acids is 1. The van der Waals surface area contributed by atoms with Gasteiger partial charge in [-0.1, -0.05) is 0 Å². The first-order chi connectivity index (χ1) is 13.4. The Kier molecular flexibility index (Phi) is 6.18. The molecule has 8 heteroatoms. The molecule has 1 saturated carbocycles. The average molecular weight is 389 g/mol. The lowest BCUT2D eigenvalue weighted by Gasteiger charge is -2.19. The first-order valence-electron chi connectivity index (χ1n) is 9.73. The van der Waals surface area contributed by atoms with E-state index in [-0.39, 0.29) is 17.5 Å². The third-order valence-corrected chi connectivity index (χ3v) is 5.31. The van der Waals surface area contributed by atoms with E-state index >= 15 is 0 Å². The van der Waals surface area contributed by atoms with Crippen molar-refractivity contribution in [1.82, 2.24) is 15.3 Å². The molecule has 28 heavy (non-hydrogen) atoms. The van der Waals surface area contributed by atoms with Gasteiger partial charge in [0.15, 0.2) is 23.9 Å². The molecule has 2 aromatic rings. The molecule has 1 unspecified atom stereocenters. The second-order valence-electron chi connectivity index (χ2n) is 7.39. The van der Waals surface area contributed by atoms with Crippen molar-refractivity contribution in [1.29, 1.82) is 0 Å². The quantitative estimate of drug-likeness (QED) is 0.572. The minimum atomic E-state index is -0.233. The molecule has 0 bridgehead atoms. The molecule has 1 aliphatic carbocycles. The minimum absolute atomic E-state index is 0.0331. The number of H-pyrrole nitrogens is 1. The number of amides is 1. The van der Waals surface area contributed by atoms with Crippen LogP contribution in [0.25, 0.3) is 10.9 Å². The monoisotopic (exact) mass is 389 g/mol. The number of aromatic amines is 1. The van der Waals surface area contributed by atoms with Crippen LogP contribution in [0.2, 0.25) is 0 Å². The topological polar surface area (TPSA) is 97.8 Å². The smallest absolute Gasteiger partial charge is 0.275 e. The molecule has 3 rings (SSSR count). The van der Waals surface area contributed by atoms with E-state index in [0.29, 0.717) is 47.2 Å². The molecule has 0 spiro atoms. The highest BCUT2D eigenvalue weighted by Crippen LogP contribution is 2.32. The molecule has 1 heterocycles. The van der Waals surface area contributed by atoms with E-state index in [9.17, 15) is 9.59 Å². The van der Waals surface area contributed by atoms with Gasteiger partial charge in [-0.25, -0.2) is 4.98 Å². The predicted octanol–water partition coefficient (Wildman–Crippen LogP) is 0.260. The highest BCUT2D eigenvalue weighted by molar-refractivity contribution is 5.81. The highest BCUT2D eigenvalue weighted by atomic mass is 16.5. The molecule has 0 saturated heterocycles. The van der Waals surface area contributed by atoms with Crippen LogP contribution in [-0.4, -0.2) is 49.2 Å². The van der Waals surface area contributed by atoms with E-state index in [4.69, 9.17) is 9.47 Å². The van der Waals surface area contributed by atoms with Gasteiger partial charge in [0.1, 0.15) is 6.54 Å². The maximum atomic E-state index is 12.5. The normalized spacial score (nSPS) is 15.9. The van der Waals surface area contributed by atoms with Gasteiger partial charge in [0.2, 0.25) is 0 Å². The van der Waals surface area contributed by atoms with Crippen molar-refractivity contribution in [2.24, 2.45) is 5.92 Å². The third kappa shape index (κ3) is 4.62. The largest absolute Gasteiger partial charge is 0.493 e. The van der Waals surface area contributed by atoms with Gasteiger partial charge in [-0.2, -0.15) is 0 Å². The summed E-state index contributed by atoms with van der Waals surface area (Å²) >= 11 is 0. The van der Waals surface area contributed by atoms with Crippen molar-refractivity contribution in [3.05, 3.63) is 28.3 Å². The number of likely N-dealkylation sites (N-methyl/N-ethyl adjacent to an activating group) is 1. The predicted molar refractivity (Wildman–Crippen MR) is 106 cm³/mol. The molecule has 0 radical (unpaired) electrons. The van der Waals surface area contributed by atoms with E-state index in [2.05, 4.69) is 22.2 Å². The van der Waals surface area contributed by atoms with Crippen molar-refractivity contribution in [2.45, 2.75) is 39.3 Å². The van der Waals surface area contributed by atoms with Crippen LogP contribution in [0.5, 0.6) is 11.5 Å². The summed E-state index contributed by atoms with van der Waals surface area (Å²) in [5.41, 5.74) is 0.307. The fourth-order valence-electron chi connectivity index (χ4n) is 3.39. The van der Waals surface area contributed by atoms with E-state index in [1.54, 1.807) is 19.2 Å². The number of benzene rings is 1. The third-order valence-electron chi connectivity index (χ3n) is 5.31. The zero-order valence-electron chi connectivity index (χ0n) is 16.9. The molecule has 0 aliphatic heterocycles. The summed E-state index contributed by atoms with van der Waals surface area (Å²) in [6, 6.07) is 3.55. The number of quaternary nitrogens is 1. The van der Waals surface area contributed by atoms with Crippen LogP contribution in [0.3, 0.4) is 0 Å². The lowest BCUT2D eigenvalue weighted by atomic mass is 10.2. The molecule has 1 aromatic carbocycles. The Morgan fingerprint density at radius 3 is 2.61 bits per heavy atom. The molecular formula is C20H29N4O4+. The number of methoxy groups -OCH3 is 2. The Hall–Kier alpha value is -2.61. The first-order valence-corrected chi connectivity index (χ1v) is 9.73. The molecule has 1 aliphatic rings. The molecule has 2 atom stereocenters. The van der Waals surface area contributed by atoms with Gasteiger partial charge >= 0.3 is 0 Å². The van der Waals surface area contributed by atoms with E-state index in [1.165, 1.54) is 20.0 Å². The van der Waals surface area contributed by atoms with Gasteiger partial charge in [-0.05, 0) is 38.7 Å². The van der Waals surface area contributed by atoms with E-state index < -0.39 is 0 Å².